The number of amides is 1. The summed E-state index contributed by atoms with van der Waals surface area (Å²) in [5.41, 5.74) is 2.13. The first-order valence-electron chi connectivity index (χ1n) is 9.10. The summed E-state index contributed by atoms with van der Waals surface area (Å²) in [5.74, 6) is 0.953. The summed E-state index contributed by atoms with van der Waals surface area (Å²) >= 11 is 0. The fourth-order valence-electron chi connectivity index (χ4n) is 2.63. The zero-order valence-electron chi connectivity index (χ0n) is 15.8. The van der Waals surface area contributed by atoms with Crippen LogP contribution in [-0.2, 0) is 4.79 Å². The first-order chi connectivity index (χ1) is 13.7. The van der Waals surface area contributed by atoms with Crippen LogP contribution in [0.3, 0.4) is 0 Å². The molecule has 0 aliphatic heterocycles. The van der Waals surface area contributed by atoms with Gasteiger partial charge in [-0.15, -0.1) is 0 Å². The summed E-state index contributed by atoms with van der Waals surface area (Å²) in [5, 5.41) is 2.84. The van der Waals surface area contributed by atoms with Crippen molar-refractivity contribution in [2.24, 2.45) is 0 Å². The number of aromatic nitrogens is 2. The van der Waals surface area contributed by atoms with Crippen molar-refractivity contribution in [2.75, 3.05) is 18.5 Å². The van der Waals surface area contributed by atoms with Gasteiger partial charge < -0.3 is 19.4 Å². The topological polar surface area (TPSA) is 65.4 Å². The Morgan fingerprint density at radius 2 is 1.86 bits per heavy atom. The average Bonchev–Trinajstić information content (AvgIpc) is 3.26. The first-order valence-corrected chi connectivity index (χ1v) is 9.10. The number of hydrogen-bond donors (Lipinski definition) is 1. The molecule has 0 spiro atoms. The van der Waals surface area contributed by atoms with Crippen molar-refractivity contribution in [3.8, 4) is 11.5 Å². The lowest BCUT2D eigenvalue weighted by Gasteiger charge is -2.15. The van der Waals surface area contributed by atoms with Crippen LogP contribution in [0.1, 0.15) is 18.9 Å². The molecule has 0 aliphatic rings. The largest absolute Gasteiger partial charge is 0.491 e. The van der Waals surface area contributed by atoms with Gasteiger partial charge in [-0.25, -0.2) is 4.98 Å². The molecule has 144 valence electrons. The van der Waals surface area contributed by atoms with Crippen LogP contribution in [0.15, 0.2) is 73.8 Å². The second-order valence-electron chi connectivity index (χ2n) is 6.09. The van der Waals surface area contributed by atoms with Gasteiger partial charge in [0.1, 0.15) is 11.5 Å². The number of carbonyl (C=O) groups excluding carboxylic acids is 1. The van der Waals surface area contributed by atoms with Gasteiger partial charge in [0.05, 0.1) is 24.3 Å². The highest BCUT2D eigenvalue weighted by atomic mass is 16.5. The highest BCUT2D eigenvalue weighted by Crippen LogP contribution is 2.27. The molecule has 1 amide bonds. The highest BCUT2D eigenvalue weighted by Gasteiger charge is 2.12. The molecule has 1 aromatic heterocycles. The van der Waals surface area contributed by atoms with Crippen LogP contribution in [0.2, 0.25) is 0 Å². The number of ether oxygens (including phenoxy) is 2. The van der Waals surface area contributed by atoms with Crippen molar-refractivity contribution < 1.29 is 14.3 Å². The molecule has 3 rings (SSSR count). The quantitative estimate of drug-likeness (QED) is 0.607. The molecule has 2 aromatic carbocycles. The molecule has 0 bridgehead atoms. The number of nitrogens with one attached hydrogen (secondary N) is 1. The molecule has 0 atom stereocenters. The minimum Gasteiger partial charge on any atom is -0.491 e. The lowest BCUT2D eigenvalue weighted by molar-refractivity contribution is -0.118. The molecule has 6 nitrogen and oxygen atoms in total. The van der Waals surface area contributed by atoms with Gasteiger partial charge in [0.25, 0.3) is 5.91 Å². The Bertz CT molecular complexity index is 936. The van der Waals surface area contributed by atoms with Gasteiger partial charge in [-0.3, -0.25) is 4.79 Å². The number of carbonyl (C=O) groups is 1. The number of imidazole rings is 1. The summed E-state index contributed by atoms with van der Waals surface area (Å²) in [4.78, 5) is 16.4. The molecule has 0 radical (unpaired) electrons. The van der Waals surface area contributed by atoms with Crippen LogP contribution in [0.5, 0.6) is 11.5 Å². The normalized spacial score (nSPS) is 10.3. The molecule has 1 heterocycles. The summed E-state index contributed by atoms with van der Waals surface area (Å²) in [7, 11) is 0. The Labute approximate surface area is 164 Å². The van der Waals surface area contributed by atoms with E-state index in [-0.39, 0.29) is 12.5 Å². The maximum atomic E-state index is 12.4. The summed E-state index contributed by atoms with van der Waals surface area (Å²) < 4.78 is 13.2. The van der Waals surface area contributed by atoms with Crippen LogP contribution in [0.4, 0.5) is 5.69 Å². The number of anilines is 1. The molecule has 1 N–H and O–H groups in total. The predicted molar refractivity (Wildman–Crippen MR) is 109 cm³/mol. The minimum atomic E-state index is -0.268. The average molecular weight is 377 g/mol. The molecule has 0 unspecified atom stereocenters. The van der Waals surface area contributed by atoms with Crippen molar-refractivity contribution in [1.82, 2.24) is 9.55 Å². The molecule has 6 heteroatoms. The number of hydrogen-bond acceptors (Lipinski definition) is 4. The smallest absolute Gasteiger partial charge is 0.262 e. The number of rotatable bonds is 9. The minimum absolute atomic E-state index is 0.129. The highest BCUT2D eigenvalue weighted by molar-refractivity contribution is 5.93. The number of para-hydroxylation sites is 3. The van der Waals surface area contributed by atoms with E-state index in [0.29, 0.717) is 29.5 Å². The molecule has 0 aliphatic carbocycles. The van der Waals surface area contributed by atoms with Gasteiger partial charge in [0.15, 0.2) is 6.61 Å². The maximum absolute atomic E-state index is 12.4. The lowest BCUT2D eigenvalue weighted by atomic mass is 10.1. The van der Waals surface area contributed by atoms with Gasteiger partial charge in [-0.1, -0.05) is 37.8 Å². The van der Waals surface area contributed by atoms with Crippen molar-refractivity contribution >= 4 is 17.3 Å². The predicted octanol–water partition coefficient (Wildman–Crippen LogP) is 4.21. The van der Waals surface area contributed by atoms with E-state index < -0.39 is 0 Å². The van der Waals surface area contributed by atoms with Crippen molar-refractivity contribution in [3.05, 3.63) is 79.4 Å². The van der Waals surface area contributed by atoms with Gasteiger partial charge in [-0.2, -0.15) is 0 Å². The Hall–Kier alpha value is -3.54. The Morgan fingerprint density at radius 3 is 2.61 bits per heavy atom. The van der Waals surface area contributed by atoms with E-state index in [1.165, 1.54) is 0 Å². The molecule has 28 heavy (non-hydrogen) atoms. The third kappa shape index (κ3) is 4.79. The third-order valence-corrected chi connectivity index (χ3v) is 4.00. The fraction of sp³-hybridized carbons (Fsp3) is 0.182. The summed E-state index contributed by atoms with van der Waals surface area (Å²) in [6, 6.07) is 14.8. The Morgan fingerprint density at radius 1 is 1.11 bits per heavy atom. The lowest BCUT2D eigenvalue weighted by Crippen LogP contribution is -2.21. The van der Waals surface area contributed by atoms with E-state index in [1.807, 2.05) is 49.4 Å². The summed E-state index contributed by atoms with van der Waals surface area (Å²) in [6.07, 6.45) is 6.04. The van der Waals surface area contributed by atoms with Gasteiger partial charge in [0.2, 0.25) is 0 Å². The van der Waals surface area contributed by atoms with E-state index in [4.69, 9.17) is 9.47 Å². The molecule has 0 fully saturated rings. The van der Waals surface area contributed by atoms with Crippen molar-refractivity contribution in [2.45, 2.75) is 13.3 Å². The second kappa shape index (κ2) is 9.41. The van der Waals surface area contributed by atoms with Crippen LogP contribution < -0.4 is 14.8 Å². The van der Waals surface area contributed by atoms with Crippen LogP contribution in [0.25, 0.3) is 5.70 Å². The standard InChI is InChI=1S/C22H23N3O3/c1-3-14-27-21-11-7-5-9-19(21)24-22(26)15-28-20-10-6-4-8-18(20)17(2)25-13-12-23-16-25/h4-13,16H,2-3,14-15H2,1H3,(H,24,26). The molecule has 3 aromatic rings. The van der Waals surface area contributed by atoms with E-state index >= 15 is 0 Å². The van der Waals surface area contributed by atoms with E-state index in [9.17, 15) is 4.79 Å². The number of nitrogens with zero attached hydrogens (tertiary/aromatic N) is 2. The van der Waals surface area contributed by atoms with Crippen molar-refractivity contribution in [3.63, 3.8) is 0 Å². The first kappa shape index (κ1) is 19.2. The Balaban J connectivity index is 1.65. The summed E-state index contributed by atoms with van der Waals surface area (Å²) in [6.45, 7) is 6.58. The van der Waals surface area contributed by atoms with E-state index in [0.717, 1.165) is 12.0 Å². The van der Waals surface area contributed by atoms with Gasteiger partial charge in [-0.05, 0) is 30.7 Å². The molecular weight excluding hydrogens is 354 g/mol. The fourth-order valence-corrected chi connectivity index (χ4v) is 2.63. The number of benzene rings is 2. The van der Waals surface area contributed by atoms with Crippen molar-refractivity contribution in [1.29, 1.82) is 0 Å². The van der Waals surface area contributed by atoms with Crippen LogP contribution in [-0.4, -0.2) is 28.7 Å². The third-order valence-electron chi connectivity index (χ3n) is 4.00. The Kier molecular flexibility index (Phi) is 6.46. The van der Waals surface area contributed by atoms with Gasteiger partial charge >= 0.3 is 0 Å². The SMILES string of the molecule is C=C(c1ccccc1OCC(=O)Nc1ccccc1OCCC)n1ccnc1. The van der Waals surface area contributed by atoms with E-state index in [1.54, 1.807) is 29.4 Å². The molecular formula is C22H23N3O3. The van der Waals surface area contributed by atoms with Crippen LogP contribution in [0, 0.1) is 0 Å². The van der Waals surface area contributed by atoms with E-state index in [2.05, 4.69) is 16.9 Å². The molecule has 0 saturated heterocycles. The van der Waals surface area contributed by atoms with Crippen LogP contribution >= 0.6 is 0 Å². The maximum Gasteiger partial charge on any atom is 0.262 e. The second-order valence-corrected chi connectivity index (χ2v) is 6.09. The molecule has 0 saturated carbocycles. The zero-order valence-corrected chi connectivity index (χ0v) is 15.8. The van der Waals surface area contributed by atoms with Gasteiger partial charge in [0, 0.05) is 18.0 Å². The monoisotopic (exact) mass is 377 g/mol. The zero-order chi connectivity index (χ0) is 19.8.